The lowest BCUT2D eigenvalue weighted by Crippen LogP contribution is -2.28. The number of ether oxygens (including phenoxy) is 3. The highest BCUT2D eigenvalue weighted by atomic mass is 32.1. The molecule has 0 atom stereocenters. The van der Waals surface area contributed by atoms with Crippen LogP contribution in [0.15, 0.2) is 35.0 Å². The minimum absolute atomic E-state index is 0.215. The Morgan fingerprint density at radius 2 is 2.04 bits per heavy atom. The Balaban J connectivity index is 1.35. The van der Waals surface area contributed by atoms with Crippen LogP contribution >= 0.6 is 11.3 Å². The van der Waals surface area contributed by atoms with Crippen molar-refractivity contribution in [1.29, 1.82) is 0 Å². The van der Waals surface area contributed by atoms with Crippen LogP contribution in [0.4, 0.5) is 0 Å². The number of aryl methyl sites for hydroxylation is 1. The van der Waals surface area contributed by atoms with Crippen LogP contribution in [0.5, 0.6) is 11.5 Å². The molecule has 0 saturated heterocycles. The van der Waals surface area contributed by atoms with Crippen LogP contribution in [-0.2, 0) is 27.3 Å². The van der Waals surface area contributed by atoms with Gasteiger partial charge in [-0.15, -0.1) is 0 Å². The molecule has 126 valence electrons. The SMILES string of the molecule is O=C(COC(=O)CCc1ccsc1)NCc1ccc2c(c1)OCO2. The van der Waals surface area contributed by atoms with Crippen molar-refractivity contribution in [3.05, 3.63) is 46.2 Å². The molecule has 0 bridgehead atoms. The number of thiophene rings is 1. The number of carbonyl (C=O) groups is 2. The molecule has 2 aromatic rings. The van der Waals surface area contributed by atoms with Crippen molar-refractivity contribution in [1.82, 2.24) is 5.32 Å². The van der Waals surface area contributed by atoms with Crippen LogP contribution in [0.25, 0.3) is 0 Å². The minimum atomic E-state index is -0.376. The van der Waals surface area contributed by atoms with E-state index in [1.807, 2.05) is 29.0 Å². The second-order valence-electron chi connectivity index (χ2n) is 5.26. The average Bonchev–Trinajstić information content (AvgIpc) is 3.26. The zero-order valence-corrected chi connectivity index (χ0v) is 13.8. The summed E-state index contributed by atoms with van der Waals surface area (Å²) in [6, 6.07) is 7.43. The van der Waals surface area contributed by atoms with Crippen LogP contribution in [0.2, 0.25) is 0 Å². The number of fused-ring (bicyclic) bond motifs is 1. The van der Waals surface area contributed by atoms with Gasteiger partial charge in [-0.05, 0) is 46.5 Å². The normalized spacial score (nSPS) is 12.0. The van der Waals surface area contributed by atoms with Gasteiger partial charge in [-0.1, -0.05) is 6.07 Å². The number of hydrogen-bond acceptors (Lipinski definition) is 6. The van der Waals surface area contributed by atoms with Crippen LogP contribution in [0.1, 0.15) is 17.5 Å². The van der Waals surface area contributed by atoms with E-state index in [0.29, 0.717) is 24.5 Å². The maximum Gasteiger partial charge on any atom is 0.306 e. The fourth-order valence-electron chi connectivity index (χ4n) is 2.20. The van der Waals surface area contributed by atoms with Gasteiger partial charge in [0.15, 0.2) is 18.1 Å². The van der Waals surface area contributed by atoms with Gasteiger partial charge >= 0.3 is 5.97 Å². The van der Waals surface area contributed by atoms with Crippen LogP contribution in [-0.4, -0.2) is 25.3 Å². The summed E-state index contributed by atoms with van der Waals surface area (Å²) in [5.74, 6) is 0.655. The fraction of sp³-hybridized carbons (Fsp3) is 0.294. The summed E-state index contributed by atoms with van der Waals surface area (Å²) in [6.45, 7) is 0.279. The first-order valence-corrected chi connectivity index (χ1v) is 8.47. The van der Waals surface area contributed by atoms with E-state index < -0.39 is 0 Å². The molecule has 2 heterocycles. The van der Waals surface area contributed by atoms with E-state index in [1.54, 1.807) is 17.4 Å². The first kappa shape index (κ1) is 16.3. The van der Waals surface area contributed by atoms with E-state index in [9.17, 15) is 9.59 Å². The average molecular weight is 347 g/mol. The van der Waals surface area contributed by atoms with Gasteiger partial charge in [0.25, 0.3) is 5.91 Å². The molecule has 24 heavy (non-hydrogen) atoms. The Kier molecular flexibility index (Phi) is 5.32. The van der Waals surface area contributed by atoms with Gasteiger partial charge < -0.3 is 19.5 Å². The quantitative estimate of drug-likeness (QED) is 0.778. The molecule has 0 fully saturated rings. The summed E-state index contributed by atoms with van der Waals surface area (Å²) in [5, 5.41) is 6.66. The highest BCUT2D eigenvalue weighted by Gasteiger charge is 2.13. The molecular formula is C17H17NO5S. The molecule has 1 aromatic carbocycles. The van der Waals surface area contributed by atoms with Crippen LogP contribution in [0, 0.1) is 0 Å². The smallest absolute Gasteiger partial charge is 0.306 e. The monoisotopic (exact) mass is 347 g/mol. The maximum atomic E-state index is 11.7. The number of hydrogen-bond donors (Lipinski definition) is 1. The van der Waals surface area contributed by atoms with E-state index in [2.05, 4.69) is 5.32 Å². The third-order valence-electron chi connectivity index (χ3n) is 3.49. The summed E-state index contributed by atoms with van der Waals surface area (Å²) in [6.07, 6.45) is 0.896. The lowest BCUT2D eigenvalue weighted by Gasteiger charge is -2.07. The predicted molar refractivity (Wildman–Crippen MR) is 88.0 cm³/mol. The van der Waals surface area contributed by atoms with Crippen LogP contribution < -0.4 is 14.8 Å². The summed E-state index contributed by atoms with van der Waals surface area (Å²) < 4.78 is 15.5. The zero-order chi connectivity index (χ0) is 16.8. The Hall–Kier alpha value is -2.54. The van der Waals surface area contributed by atoms with Gasteiger partial charge in [-0.2, -0.15) is 11.3 Å². The standard InChI is InChI=1S/C17H17NO5S/c19-16(9-21-17(20)4-2-12-5-6-24-10-12)18-8-13-1-3-14-15(7-13)23-11-22-14/h1,3,5-7,10H,2,4,8-9,11H2,(H,18,19). The van der Waals surface area contributed by atoms with Crippen molar-refractivity contribution < 1.29 is 23.8 Å². The molecule has 0 saturated carbocycles. The van der Waals surface area contributed by atoms with Gasteiger partial charge in [-0.25, -0.2) is 0 Å². The van der Waals surface area contributed by atoms with E-state index >= 15 is 0 Å². The molecule has 0 radical (unpaired) electrons. The maximum absolute atomic E-state index is 11.7. The molecule has 7 heteroatoms. The summed E-state index contributed by atoms with van der Waals surface area (Å²) in [5.41, 5.74) is 1.99. The van der Waals surface area contributed by atoms with Gasteiger partial charge in [0.1, 0.15) is 0 Å². The highest BCUT2D eigenvalue weighted by molar-refractivity contribution is 7.07. The van der Waals surface area contributed by atoms with Gasteiger partial charge in [0.2, 0.25) is 6.79 Å². The molecule has 1 aliphatic rings. The van der Waals surface area contributed by atoms with Crippen molar-refractivity contribution in [2.24, 2.45) is 0 Å². The van der Waals surface area contributed by atoms with E-state index in [1.165, 1.54) is 0 Å². The topological polar surface area (TPSA) is 73.9 Å². The van der Waals surface area contributed by atoms with Gasteiger partial charge in [-0.3, -0.25) is 9.59 Å². The second-order valence-corrected chi connectivity index (χ2v) is 6.04. The lowest BCUT2D eigenvalue weighted by molar-refractivity contribution is -0.148. The Bertz CT molecular complexity index is 714. The van der Waals surface area contributed by atoms with Gasteiger partial charge in [0.05, 0.1) is 0 Å². The Morgan fingerprint density at radius 1 is 1.17 bits per heavy atom. The first-order valence-electron chi connectivity index (χ1n) is 7.52. The van der Waals surface area contributed by atoms with E-state index in [0.717, 1.165) is 11.1 Å². The summed E-state index contributed by atoms with van der Waals surface area (Å²) in [7, 11) is 0. The Morgan fingerprint density at radius 3 is 2.88 bits per heavy atom. The molecule has 1 aliphatic heterocycles. The first-order chi connectivity index (χ1) is 11.7. The number of esters is 1. The van der Waals surface area contributed by atoms with Gasteiger partial charge in [0, 0.05) is 13.0 Å². The minimum Gasteiger partial charge on any atom is -0.456 e. The molecular weight excluding hydrogens is 330 g/mol. The third-order valence-corrected chi connectivity index (χ3v) is 4.22. The van der Waals surface area contributed by atoms with Crippen molar-refractivity contribution in [3.63, 3.8) is 0 Å². The summed E-state index contributed by atoms with van der Waals surface area (Å²) >= 11 is 1.59. The molecule has 1 N–H and O–H groups in total. The zero-order valence-electron chi connectivity index (χ0n) is 12.9. The third kappa shape index (κ3) is 4.48. The Labute approximate surface area is 143 Å². The molecule has 1 amide bonds. The largest absolute Gasteiger partial charge is 0.456 e. The number of nitrogens with one attached hydrogen (secondary N) is 1. The van der Waals surface area contributed by atoms with Crippen molar-refractivity contribution in [2.45, 2.75) is 19.4 Å². The lowest BCUT2D eigenvalue weighted by atomic mass is 10.2. The molecule has 0 spiro atoms. The fourth-order valence-corrected chi connectivity index (χ4v) is 2.91. The summed E-state index contributed by atoms with van der Waals surface area (Å²) in [4.78, 5) is 23.4. The van der Waals surface area contributed by atoms with Crippen molar-refractivity contribution in [2.75, 3.05) is 13.4 Å². The molecule has 3 rings (SSSR count). The van der Waals surface area contributed by atoms with Crippen molar-refractivity contribution >= 4 is 23.2 Å². The number of amides is 1. The number of rotatable bonds is 7. The second kappa shape index (κ2) is 7.83. The van der Waals surface area contributed by atoms with Crippen LogP contribution in [0.3, 0.4) is 0 Å². The predicted octanol–water partition coefficient (Wildman–Crippen LogP) is 2.27. The number of benzene rings is 1. The molecule has 6 nitrogen and oxygen atoms in total. The highest BCUT2D eigenvalue weighted by Crippen LogP contribution is 2.32. The van der Waals surface area contributed by atoms with E-state index in [-0.39, 0.29) is 31.7 Å². The molecule has 1 aromatic heterocycles. The molecule has 0 aliphatic carbocycles. The number of carbonyl (C=O) groups excluding carboxylic acids is 2. The molecule has 0 unspecified atom stereocenters. The van der Waals surface area contributed by atoms with E-state index in [4.69, 9.17) is 14.2 Å². The van der Waals surface area contributed by atoms with Crippen molar-refractivity contribution in [3.8, 4) is 11.5 Å².